The van der Waals surface area contributed by atoms with E-state index in [4.69, 9.17) is 10.00 Å². The summed E-state index contributed by atoms with van der Waals surface area (Å²) in [6.45, 7) is 2.03. The molecule has 26 heavy (non-hydrogen) atoms. The lowest BCUT2D eigenvalue weighted by molar-refractivity contribution is -0.134. The van der Waals surface area contributed by atoms with E-state index >= 15 is 0 Å². The van der Waals surface area contributed by atoms with Gasteiger partial charge in [0.15, 0.2) is 0 Å². The van der Waals surface area contributed by atoms with Gasteiger partial charge in [0.05, 0.1) is 24.7 Å². The summed E-state index contributed by atoms with van der Waals surface area (Å²) in [5.74, 6) is -0.127. The van der Waals surface area contributed by atoms with Crippen LogP contribution in [0.2, 0.25) is 0 Å². The summed E-state index contributed by atoms with van der Waals surface area (Å²) in [7, 11) is 3.49. The molecule has 2 amide bonds. The predicted molar refractivity (Wildman–Crippen MR) is 93.2 cm³/mol. The van der Waals surface area contributed by atoms with Crippen LogP contribution in [0.15, 0.2) is 18.3 Å². The fourth-order valence-corrected chi connectivity index (χ4v) is 3.41. The van der Waals surface area contributed by atoms with Gasteiger partial charge in [-0.2, -0.15) is 5.26 Å². The minimum absolute atomic E-state index is 0.0371. The molecule has 2 aliphatic heterocycles. The van der Waals surface area contributed by atoms with E-state index in [-0.39, 0.29) is 35.7 Å². The summed E-state index contributed by atoms with van der Waals surface area (Å²) < 4.78 is 5.83. The van der Waals surface area contributed by atoms with Crippen LogP contribution < -0.4 is 5.32 Å². The number of pyridine rings is 1. The second kappa shape index (κ2) is 7.81. The van der Waals surface area contributed by atoms with Crippen LogP contribution in [0.1, 0.15) is 28.9 Å². The van der Waals surface area contributed by atoms with Crippen LogP contribution in [0.4, 0.5) is 0 Å². The van der Waals surface area contributed by atoms with Gasteiger partial charge in [-0.1, -0.05) is 0 Å². The fraction of sp³-hybridized carbons (Fsp3) is 0.556. The van der Waals surface area contributed by atoms with Crippen LogP contribution in [-0.2, 0) is 9.53 Å². The van der Waals surface area contributed by atoms with Gasteiger partial charge < -0.3 is 15.0 Å². The second-order valence-corrected chi connectivity index (χ2v) is 7.01. The van der Waals surface area contributed by atoms with Crippen molar-refractivity contribution in [2.24, 2.45) is 0 Å². The lowest BCUT2D eigenvalue weighted by Crippen LogP contribution is -2.47. The van der Waals surface area contributed by atoms with Crippen LogP contribution in [0.25, 0.3) is 0 Å². The maximum Gasteiger partial charge on any atom is 0.253 e. The Morgan fingerprint density at radius 2 is 2.23 bits per heavy atom. The zero-order valence-corrected chi connectivity index (χ0v) is 15.0. The third-order valence-corrected chi connectivity index (χ3v) is 4.87. The summed E-state index contributed by atoms with van der Waals surface area (Å²) in [6, 6.07) is 5.38. The molecule has 0 unspecified atom stereocenters. The van der Waals surface area contributed by atoms with Crippen LogP contribution >= 0.6 is 0 Å². The normalized spacial score (nSPS) is 25.2. The Morgan fingerprint density at radius 3 is 2.88 bits per heavy atom. The van der Waals surface area contributed by atoms with E-state index in [1.807, 2.05) is 6.07 Å². The van der Waals surface area contributed by atoms with Crippen molar-refractivity contribution in [2.45, 2.75) is 31.0 Å². The lowest BCUT2D eigenvalue weighted by atomic mass is 10.1. The van der Waals surface area contributed by atoms with Gasteiger partial charge in [0.25, 0.3) is 5.91 Å². The average Bonchev–Trinajstić information content (AvgIpc) is 3.03. The van der Waals surface area contributed by atoms with Crippen molar-refractivity contribution >= 4 is 11.8 Å². The Kier molecular flexibility index (Phi) is 5.49. The van der Waals surface area contributed by atoms with Crippen molar-refractivity contribution in [1.82, 2.24) is 20.1 Å². The Labute approximate surface area is 152 Å². The number of morpholine rings is 1. The molecule has 0 aliphatic carbocycles. The summed E-state index contributed by atoms with van der Waals surface area (Å²) in [4.78, 5) is 32.0. The first-order valence-electron chi connectivity index (χ1n) is 8.69. The van der Waals surface area contributed by atoms with Crippen molar-refractivity contribution < 1.29 is 14.3 Å². The Bertz CT molecular complexity index is 713. The van der Waals surface area contributed by atoms with Crippen molar-refractivity contribution in [3.8, 4) is 6.07 Å². The topological polar surface area (TPSA) is 98.6 Å². The Morgan fingerprint density at radius 1 is 1.42 bits per heavy atom. The molecule has 1 N–H and O–H groups in total. The molecule has 3 atom stereocenters. The SMILES string of the molecule is CN(C)C(=O)C[C@H]1CN2C[C@H](NC(=O)c3ccc(C#N)nc3)C[C@H]2CO1. The quantitative estimate of drug-likeness (QED) is 0.815. The number of hydrogen-bond donors (Lipinski definition) is 1. The van der Waals surface area contributed by atoms with Crippen molar-refractivity contribution in [1.29, 1.82) is 5.26 Å². The minimum Gasteiger partial charge on any atom is -0.375 e. The molecule has 0 saturated carbocycles. The van der Waals surface area contributed by atoms with Crippen LogP contribution in [-0.4, -0.2) is 78.6 Å². The van der Waals surface area contributed by atoms with Gasteiger partial charge in [0.1, 0.15) is 11.8 Å². The number of nitriles is 1. The predicted octanol–water partition coefficient (Wildman–Crippen LogP) is 0.00308. The molecular formula is C18H23N5O3. The molecule has 0 spiro atoms. The summed E-state index contributed by atoms with van der Waals surface area (Å²) >= 11 is 0. The van der Waals surface area contributed by atoms with Gasteiger partial charge >= 0.3 is 0 Å². The van der Waals surface area contributed by atoms with E-state index in [9.17, 15) is 9.59 Å². The van der Waals surface area contributed by atoms with Crippen LogP contribution in [0.3, 0.4) is 0 Å². The van der Waals surface area contributed by atoms with Crippen molar-refractivity contribution in [3.63, 3.8) is 0 Å². The number of carbonyl (C=O) groups is 2. The number of amides is 2. The first-order chi connectivity index (χ1) is 12.5. The molecule has 1 aromatic heterocycles. The minimum atomic E-state index is -0.188. The summed E-state index contributed by atoms with van der Waals surface area (Å²) in [5, 5.41) is 11.8. The molecule has 0 bridgehead atoms. The molecule has 138 valence electrons. The molecule has 3 rings (SSSR count). The average molecular weight is 357 g/mol. The van der Waals surface area contributed by atoms with Gasteiger partial charge in [-0.05, 0) is 18.6 Å². The molecule has 0 aromatic carbocycles. The number of ether oxygens (including phenoxy) is 1. The largest absolute Gasteiger partial charge is 0.375 e. The smallest absolute Gasteiger partial charge is 0.253 e. The van der Waals surface area contributed by atoms with Gasteiger partial charge in [-0.25, -0.2) is 4.98 Å². The Hall–Kier alpha value is -2.50. The van der Waals surface area contributed by atoms with Gasteiger partial charge in [-0.3, -0.25) is 14.5 Å². The van der Waals surface area contributed by atoms with Crippen LogP contribution in [0, 0.1) is 11.3 Å². The van der Waals surface area contributed by atoms with Gasteiger partial charge in [0.2, 0.25) is 5.91 Å². The zero-order valence-electron chi connectivity index (χ0n) is 15.0. The molecule has 8 nitrogen and oxygen atoms in total. The molecule has 1 aromatic rings. The first-order valence-corrected chi connectivity index (χ1v) is 8.69. The monoisotopic (exact) mass is 357 g/mol. The van der Waals surface area contributed by atoms with Gasteiger partial charge in [-0.15, -0.1) is 0 Å². The highest BCUT2D eigenvalue weighted by Gasteiger charge is 2.38. The van der Waals surface area contributed by atoms with Crippen molar-refractivity contribution in [2.75, 3.05) is 33.8 Å². The molecule has 8 heteroatoms. The number of fused-ring (bicyclic) bond motifs is 1. The Balaban J connectivity index is 1.52. The fourth-order valence-electron chi connectivity index (χ4n) is 3.41. The van der Waals surface area contributed by atoms with Gasteiger partial charge in [0, 0.05) is 45.5 Å². The van der Waals surface area contributed by atoms with Crippen molar-refractivity contribution in [3.05, 3.63) is 29.6 Å². The number of aromatic nitrogens is 1. The summed E-state index contributed by atoms with van der Waals surface area (Å²) in [6.07, 6.45) is 2.52. The number of rotatable bonds is 4. The highest BCUT2D eigenvalue weighted by molar-refractivity contribution is 5.94. The van der Waals surface area contributed by atoms with E-state index in [2.05, 4.69) is 15.2 Å². The van der Waals surface area contributed by atoms with Crippen LogP contribution in [0.5, 0.6) is 0 Å². The molecule has 2 aliphatic rings. The first kappa shape index (κ1) is 18.3. The second-order valence-electron chi connectivity index (χ2n) is 7.01. The number of carbonyl (C=O) groups excluding carboxylic acids is 2. The van der Waals surface area contributed by atoms with E-state index < -0.39 is 0 Å². The maximum absolute atomic E-state index is 12.4. The highest BCUT2D eigenvalue weighted by atomic mass is 16.5. The number of nitrogens with one attached hydrogen (secondary N) is 1. The molecular weight excluding hydrogens is 334 g/mol. The number of nitrogens with zero attached hydrogens (tertiary/aromatic N) is 4. The molecule has 2 fully saturated rings. The van der Waals surface area contributed by atoms with E-state index in [1.165, 1.54) is 12.3 Å². The third-order valence-electron chi connectivity index (χ3n) is 4.87. The van der Waals surface area contributed by atoms with E-state index in [0.29, 0.717) is 25.1 Å². The molecule has 2 saturated heterocycles. The third kappa shape index (κ3) is 4.18. The zero-order chi connectivity index (χ0) is 18.7. The highest BCUT2D eigenvalue weighted by Crippen LogP contribution is 2.24. The maximum atomic E-state index is 12.4. The van der Waals surface area contributed by atoms with E-state index in [1.54, 1.807) is 25.1 Å². The number of hydrogen-bond acceptors (Lipinski definition) is 6. The lowest BCUT2D eigenvalue weighted by Gasteiger charge is -2.35. The molecule has 0 radical (unpaired) electrons. The molecule has 3 heterocycles. The summed E-state index contributed by atoms with van der Waals surface area (Å²) in [5.41, 5.74) is 0.731. The standard InChI is InChI=1S/C18H23N5O3/c1-22(2)17(24)6-16-10-23-9-14(5-15(23)11-26-16)21-18(25)12-3-4-13(7-19)20-8-12/h3-4,8,14-16H,5-6,9-11H2,1-2H3,(H,21,25)/t14-,15+,16+/m1/s1. The van der Waals surface area contributed by atoms with E-state index in [0.717, 1.165) is 13.0 Å².